The standard InChI is InChI=1S/C7H2BrF5N4/c8-3-1-4(5(15-2-3)16-17-14)6(9,10)7(11,12)13/h1-2H. The van der Waals surface area contributed by atoms with Crippen LogP contribution < -0.4 is 0 Å². The lowest BCUT2D eigenvalue weighted by molar-refractivity contribution is -0.289. The molecule has 0 aliphatic carbocycles. The Balaban J connectivity index is 3.48. The Morgan fingerprint density at radius 3 is 2.35 bits per heavy atom. The van der Waals surface area contributed by atoms with Crippen LogP contribution >= 0.6 is 15.9 Å². The summed E-state index contributed by atoms with van der Waals surface area (Å²) < 4.78 is 62.5. The third-order valence-corrected chi connectivity index (χ3v) is 2.10. The second-order valence-corrected chi connectivity index (χ2v) is 3.70. The van der Waals surface area contributed by atoms with Crippen molar-refractivity contribution in [3.05, 3.63) is 32.7 Å². The molecule has 0 fully saturated rings. The number of nitrogens with zero attached hydrogens (tertiary/aromatic N) is 4. The maximum atomic E-state index is 13.1. The SMILES string of the molecule is [N-]=[N+]=Nc1ncc(Br)cc1C(F)(F)C(F)(F)F. The van der Waals surface area contributed by atoms with Crippen molar-refractivity contribution in [3.8, 4) is 0 Å². The Morgan fingerprint density at radius 2 is 1.88 bits per heavy atom. The van der Waals surface area contributed by atoms with Gasteiger partial charge in [0.1, 0.15) is 5.82 Å². The minimum Gasteiger partial charge on any atom is -0.253 e. The lowest BCUT2D eigenvalue weighted by Gasteiger charge is -2.20. The predicted octanol–water partition coefficient (Wildman–Crippen LogP) is 4.44. The number of pyridine rings is 1. The molecule has 17 heavy (non-hydrogen) atoms. The minimum atomic E-state index is -5.80. The molecule has 1 aromatic rings. The van der Waals surface area contributed by atoms with Crippen LogP contribution in [0.5, 0.6) is 0 Å². The summed E-state index contributed by atoms with van der Waals surface area (Å²) in [5.74, 6) is -6.16. The summed E-state index contributed by atoms with van der Waals surface area (Å²) in [6, 6.07) is 0.504. The maximum absolute atomic E-state index is 13.1. The van der Waals surface area contributed by atoms with E-state index in [4.69, 9.17) is 5.53 Å². The zero-order chi connectivity index (χ0) is 13.3. The first-order chi connectivity index (χ1) is 7.70. The van der Waals surface area contributed by atoms with Crippen LogP contribution in [0, 0.1) is 0 Å². The van der Waals surface area contributed by atoms with Gasteiger partial charge in [-0.3, -0.25) is 4.98 Å². The first-order valence-corrected chi connectivity index (χ1v) is 4.65. The zero-order valence-electron chi connectivity index (χ0n) is 7.71. The van der Waals surface area contributed by atoms with Crippen molar-refractivity contribution in [1.29, 1.82) is 0 Å². The highest BCUT2D eigenvalue weighted by molar-refractivity contribution is 9.10. The number of alkyl halides is 5. The van der Waals surface area contributed by atoms with Gasteiger partial charge in [0.05, 0.1) is 5.56 Å². The molecular formula is C7H2BrF5N4. The molecule has 1 heterocycles. The van der Waals surface area contributed by atoms with Crippen molar-refractivity contribution in [2.24, 2.45) is 5.11 Å². The van der Waals surface area contributed by atoms with Gasteiger partial charge >= 0.3 is 12.1 Å². The van der Waals surface area contributed by atoms with Gasteiger partial charge in [-0.25, -0.2) is 0 Å². The van der Waals surface area contributed by atoms with Crippen molar-refractivity contribution in [2.75, 3.05) is 0 Å². The second-order valence-electron chi connectivity index (χ2n) is 2.79. The van der Waals surface area contributed by atoms with Crippen LogP contribution in [-0.4, -0.2) is 11.2 Å². The van der Waals surface area contributed by atoms with E-state index in [-0.39, 0.29) is 4.47 Å². The first-order valence-electron chi connectivity index (χ1n) is 3.86. The Bertz CT molecular complexity index is 480. The van der Waals surface area contributed by atoms with E-state index in [1.54, 1.807) is 0 Å². The molecule has 0 aromatic carbocycles. The van der Waals surface area contributed by atoms with Crippen molar-refractivity contribution < 1.29 is 22.0 Å². The Morgan fingerprint density at radius 1 is 1.29 bits per heavy atom. The van der Waals surface area contributed by atoms with Gasteiger partial charge < -0.3 is 0 Å². The van der Waals surface area contributed by atoms with Gasteiger partial charge in [-0.1, -0.05) is 0 Å². The Kier molecular flexibility index (Phi) is 3.58. The summed E-state index contributed by atoms with van der Waals surface area (Å²) in [7, 11) is 0. The quantitative estimate of drug-likeness (QED) is 0.344. The van der Waals surface area contributed by atoms with Crippen LogP contribution in [0.4, 0.5) is 27.8 Å². The fraction of sp³-hybridized carbons (Fsp3) is 0.286. The summed E-state index contributed by atoms with van der Waals surface area (Å²) in [5.41, 5.74) is 6.56. The van der Waals surface area contributed by atoms with Crippen LogP contribution in [0.1, 0.15) is 5.56 Å². The molecule has 0 radical (unpaired) electrons. The molecule has 0 bridgehead atoms. The molecule has 1 aromatic heterocycles. The van der Waals surface area contributed by atoms with Crippen LogP contribution in [0.2, 0.25) is 0 Å². The van der Waals surface area contributed by atoms with E-state index in [1.165, 1.54) is 0 Å². The van der Waals surface area contributed by atoms with Crippen molar-refractivity contribution in [2.45, 2.75) is 12.1 Å². The number of hydrogen-bond acceptors (Lipinski definition) is 2. The lowest BCUT2D eigenvalue weighted by Crippen LogP contribution is -2.33. The average Bonchev–Trinajstić information content (AvgIpc) is 2.19. The normalized spacial score (nSPS) is 12.1. The molecule has 0 atom stereocenters. The van der Waals surface area contributed by atoms with E-state index in [0.717, 1.165) is 6.20 Å². The van der Waals surface area contributed by atoms with Gasteiger partial charge in [0.15, 0.2) is 0 Å². The van der Waals surface area contributed by atoms with Crippen molar-refractivity contribution in [3.63, 3.8) is 0 Å². The van der Waals surface area contributed by atoms with Gasteiger partial charge in [-0.05, 0) is 32.6 Å². The highest BCUT2D eigenvalue weighted by atomic mass is 79.9. The van der Waals surface area contributed by atoms with E-state index in [9.17, 15) is 22.0 Å². The van der Waals surface area contributed by atoms with Crippen LogP contribution in [0.15, 0.2) is 21.9 Å². The topological polar surface area (TPSA) is 61.7 Å². The summed E-state index contributed by atoms with van der Waals surface area (Å²) >= 11 is 2.71. The fourth-order valence-electron chi connectivity index (χ4n) is 0.938. The van der Waals surface area contributed by atoms with Gasteiger partial charge in [0, 0.05) is 15.6 Å². The number of halogens is 6. The van der Waals surface area contributed by atoms with E-state index >= 15 is 0 Å². The van der Waals surface area contributed by atoms with Gasteiger partial charge in [0.25, 0.3) is 0 Å². The molecule has 0 N–H and O–H groups in total. The minimum absolute atomic E-state index is 0.0895. The summed E-state index contributed by atoms with van der Waals surface area (Å²) in [4.78, 5) is 5.34. The maximum Gasteiger partial charge on any atom is 0.458 e. The van der Waals surface area contributed by atoms with E-state index < -0.39 is 23.5 Å². The number of aromatic nitrogens is 1. The highest BCUT2D eigenvalue weighted by Gasteiger charge is 2.59. The summed E-state index contributed by atoms with van der Waals surface area (Å²) in [6.45, 7) is 0. The number of hydrogen-bond donors (Lipinski definition) is 0. The van der Waals surface area contributed by atoms with Gasteiger partial charge in [-0.2, -0.15) is 22.0 Å². The first kappa shape index (κ1) is 13.7. The van der Waals surface area contributed by atoms with E-state index in [0.29, 0.717) is 6.07 Å². The van der Waals surface area contributed by atoms with E-state index in [2.05, 4.69) is 30.9 Å². The van der Waals surface area contributed by atoms with E-state index in [1.807, 2.05) is 0 Å². The van der Waals surface area contributed by atoms with Crippen LogP contribution in [-0.2, 0) is 5.92 Å². The van der Waals surface area contributed by atoms with Crippen molar-refractivity contribution in [1.82, 2.24) is 4.98 Å². The third kappa shape index (κ3) is 2.64. The molecule has 0 aliphatic rings. The molecule has 0 spiro atoms. The van der Waals surface area contributed by atoms with Crippen molar-refractivity contribution >= 4 is 21.7 Å². The predicted molar refractivity (Wildman–Crippen MR) is 50.7 cm³/mol. The van der Waals surface area contributed by atoms with Gasteiger partial charge in [0.2, 0.25) is 0 Å². The molecule has 10 heteroatoms. The molecule has 0 saturated carbocycles. The molecule has 4 nitrogen and oxygen atoms in total. The molecular weight excluding hydrogens is 315 g/mol. The average molecular weight is 317 g/mol. The summed E-state index contributed by atoms with van der Waals surface area (Å²) in [5, 5.41) is 2.70. The van der Waals surface area contributed by atoms with Gasteiger partial charge in [-0.15, -0.1) is 0 Å². The van der Waals surface area contributed by atoms with Crippen LogP contribution in [0.3, 0.4) is 0 Å². The molecule has 0 aliphatic heterocycles. The Labute approximate surface area is 99.2 Å². The smallest absolute Gasteiger partial charge is 0.253 e. The Hall–Kier alpha value is -1.41. The monoisotopic (exact) mass is 316 g/mol. The molecule has 0 unspecified atom stereocenters. The second kappa shape index (κ2) is 4.46. The largest absolute Gasteiger partial charge is 0.458 e. The fourth-order valence-corrected chi connectivity index (χ4v) is 1.27. The van der Waals surface area contributed by atoms with Crippen LogP contribution in [0.25, 0.3) is 10.4 Å². The highest BCUT2D eigenvalue weighted by Crippen LogP contribution is 2.47. The molecule has 1 rings (SSSR count). The molecule has 92 valence electrons. The number of rotatable bonds is 2. The third-order valence-electron chi connectivity index (χ3n) is 1.67. The zero-order valence-corrected chi connectivity index (χ0v) is 9.30. The number of azide groups is 1. The lowest BCUT2D eigenvalue weighted by atomic mass is 10.1. The molecule has 0 amide bonds. The molecule has 0 saturated heterocycles. The summed E-state index contributed by atoms with van der Waals surface area (Å²) in [6.07, 6.45) is -4.85.